The summed E-state index contributed by atoms with van der Waals surface area (Å²) in [5, 5.41) is 14.7. The second-order valence-corrected chi connectivity index (χ2v) is 9.63. The number of fused-ring (bicyclic) bond motifs is 1. The highest BCUT2D eigenvalue weighted by molar-refractivity contribution is 6.30. The Hall–Kier alpha value is -3.91. The summed E-state index contributed by atoms with van der Waals surface area (Å²) >= 11 is 6.14. The van der Waals surface area contributed by atoms with Crippen LogP contribution in [0.4, 0.5) is 11.4 Å². The molecule has 0 unspecified atom stereocenters. The summed E-state index contributed by atoms with van der Waals surface area (Å²) in [5.74, 6) is -0.207. The molecule has 1 aliphatic heterocycles. The van der Waals surface area contributed by atoms with Gasteiger partial charge in [-0.15, -0.1) is 0 Å². The van der Waals surface area contributed by atoms with Crippen LogP contribution >= 0.6 is 11.6 Å². The number of pyridine rings is 1. The van der Waals surface area contributed by atoms with Crippen molar-refractivity contribution in [3.63, 3.8) is 0 Å². The number of carboxylic acids is 1. The number of rotatable bonds is 8. The average molecular weight is 520 g/mol. The van der Waals surface area contributed by atoms with Gasteiger partial charge in [0.25, 0.3) is 10.9 Å². The maximum absolute atomic E-state index is 12.3. The Morgan fingerprint density at radius 2 is 1.73 bits per heavy atom. The minimum atomic E-state index is -1.11. The number of hydrogen-bond donors (Lipinski definition) is 2. The number of ether oxygens (including phenoxy) is 1. The fraction of sp³-hybridized carbons (Fsp3) is 0.286. The second-order valence-electron chi connectivity index (χ2n) is 9.24. The molecule has 1 saturated heterocycles. The lowest BCUT2D eigenvalue weighted by molar-refractivity contribution is -0.137. The van der Waals surface area contributed by atoms with Gasteiger partial charge in [-0.25, -0.2) is 9.78 Å². The first-order chi connectivity index (χ1) is 17.9. The van der Waals surface area contributed by atoms with E-state index in [2.05, 4.69) is 10.3 Å². The summed E-state index contributed by atoms with van der Waals surface area (Å²) in [5.41, 5.74) is -0.0415. The molecule has 0 spiro atoms. The molecule has 4 aromatic rings. The van der Waals surface area contributed by atoms with E-state index in [9.17, 15) is 19.5 Å². The van der Waals surface area contributed by atoms with Gasteiger partial charge in [-0.05, 0) is 48.1 Å². The lowest BCUT2D eigenvalue weighted by Crippen LogP contribution is -2.46. The van der Waals surface area contributed by atoms with Gasteiger partial charge in [0.05, 0.1) is 0 Å². The highest BCUT2D eigenvalue weighted by atomic mass is 35.5. The van der Waals surface area contributed by atoms with Crippen molar-refractivity contribution in [2.24, 2.45) is 0 Å². The van der Waals surface area contributed by atoms with Crippen LogP contribution in [-0.2, 0) is 11.2 Å². The summed E-state index contributed by atoms with van der Waals surface area (Å²) in [4.78, 5) is 42.9. The van der Waals surface area contributed by atoms with E-state index in [1.54, 1.807) is 30.3 Å². The molecule has 0 aliphatic carbocycles. The fourth-order valence-corrected chi connectivity index (χ4v) is 4.93. The Morgan fingerprint density at radius 1 is 1.03 bits per heavy atom. The normalized spacial score (nSPS) is 14.9. The molecule has 1 aliphatic rings. The minimum Gasteiger partial charge on any atom is -0.480 e. The van der Waals surface area contributed by atoms with Crippen LogP contribution in [0.1, 0.15) is 31.2 Å². The molecule has 8 nitrogen and oxygen atoms in total. The van der Waals surface area contributed by atoms with Gasteiger partial charge in [0.2, 0.25) is 5.88 Å². The number of nitrogens with one attached hydrogen (secondary N) is 1. The van der Waals surface area contributed by atoms with Crippen LogP contribution in [-0.4, -0.2) is 35.2 Å². The molecule has 0 radical (unpaired) electrons. The van der Waals surface area contributed by atoms with Crippen molar-refractivity contribution >= 4 is 39.7 Å². The predicted molar refractivity (Wildman–Crippen MR) is 144 cm³/mol. The molecule has 2 N–H and O–H groups in total. The number of carboxylic acid groups (broad SMARTS) is 1. The van der Waals surface area contributed by atoms with Crippen LogP contribution in [0.15, 0.2) is 64.2 Å². The van der Waals surface area contributed by atoms with Gasteiger partial charge in [0.1, 0.15) is 28.3 Å². The van der Waals surface area contributed by atoms with E-state index < -0.39 is 22.9 Å². The van der Waals surface area contributed by atoms with Gasteiger partial charge in [0, 0.05) is 24.9 Å². The number of anilines is 2. The number of aliphatic carboxylic acids is 1. The molecule has 190 valence electrons. The number of aromatic nitrogens is 1. The predicted octanol–water partition coefficient (Wildman–Crippen LogP) is 4.76. The van der Waals surface area contributed by atoms with Crippen LogP contribution in [0.25, 0.3) is 10.8 Å². The number of benzene rings is 2. The van der Waals surface area contributed by atoms with Crippen LogP contribution in [0.2, 0.25) is 5.15 Å². The first kappa shape index (κ1) is 24.8. The quantitative estimate of drug-likeness (QED) is 0.253. The van der Waals surface area contributed by atoms with Crippen molar-refractivity contribution in [1.82, 2.24) is 4.98 Å². The number of halogens is 1. The number of carbonyl (C=O) groups is 1. The molecule has 0 amide bonds. The zero-order valence-electron chi connectivity index (χ0n) is 20.1. The Balaban J connectivity index is 1.31. The molecule has 37 heavy (non-hydrogen) atoms. The summed E-state index contributed by atoms with van der Waals surface area (Å²) in [6, 6.07) is 15.3. The second kappa shape index (κ2) is 10.6. The molecule has 5 rings (SSSR count). The monoisotopic (exact) mass is 519 g/mol. The van der Waals surface area contributed by atoms with E-state index in [4.69, 9.17) is 16.3 Å². The Morgan fingerprint density at radius 3 is 2.43 bits per heavy atom. The molecule has 2 heterocycles. The van der Waals surface area contributed by atoms with Gasteiger partial charge in [0.15, 0.2) is 0 Å². The smallest absolute Gasteiger partial charge is 0.326 e. The summed E-state index contributed by atoms with van der Waals surface area (Å²) < 4.78 is 5.97. The molecule has 0 bridgehead atoms. The molecular formula is C28H26ClN3O5. The Labute approximate surface area is 218 Å². The summed E-state index contributed by atoms with van der Waals surface area (Å²) in [6.45, 7) is 1.38. The largest absolute Gasteiger partial charge is 0.480 e. The maximum atomic E-state index is 12.3. The van der Waals surface area contributed by atoms with E-state index in [-0.39, 0.29) is 12.1 Å². The topological polar surface area (TPSA) is 109 Å². The highest BCUT2D eigenvalue weighted by Crippen LogP contribution is 2.31. The molecule has 9 heteroatoms. The molecule has 1 aromatic heterocycles. The third-order valence-corrected chi connectivity index (χ3v) is 6.87. The van der Waals surface area contributed by atoms with Crippen LogP contribution in [0.5, 0.6) is 11.6 Å². The number of nitrogens with zero attached hydrogens (tertiary/aromatic N) is 2. The van der Waals surface area contributed by atoms with E-state index in [1.165, 1.54) is 0 Å². The fourth-order valence-electron chi connectivity index (χ4n) is 4.74. The lowest BCUT2D eigenvalue weighted by Gasteiger charge is -2.27. The van der Waals surface area contributed by atoms with E-state index >= 15 is 0 Å². The van der Waals surface area contributed by atoms with Gasteiger partial charge >= 0.3 is 5.97 Å². The molecule has 1 fully saturated rings. The van der Waals surface area contributed by atoms with Crippen molar-refractivity contribution in [1.29, 1.82) is 0 Å². The highest BCUT2D eigenvalue weighted by Gasteiger charge is 2.30. The van der Waals surface area contributed by atoms with Crippen molar-refractivity contribution in [3.05, 3.63) is 85.8 Å². The third kappa shape index (κ3) is 5.29. The van der Waals surface area contributed by atoms with Gasteiger partial charge < -0.3 is 20.1 Å². The van der Waals surface area contributed by atoms with E-state index in [1.807, 2.05) is 29.2 Å². The lowest BCUT2D eigenvalue weighted by atomic mass is 10.0. The maximum Gasteiger partial charge on any atom is 0.326 e. The molecule has 1 atom stereocenters. The first-order valence-electron chi connectivity index (χ1n) is 12.3. The Bertz CT molecular complexity index is 1500. The summed E-state index contributed by atoms with van der Waals surface area (Å²) in [7, 11) is 0. The van der Waals surface area contributed by atoms with Crippen molar-refractivity contribution < 1.29 is 14.6 Å². The van der Waals surface area contributed by atoms with Gasteiger partial charge in [-0.2, -0.15) is 0 Å². The molecule has 3 aromatic carbocycles. The first-order valence-corrected chi connectivity index (χ1v) is 12.7. The zero-order chi connectivity index (χ0) is 25.9. The average Bonchev–Trinajstić information content (AvgIpc) is 3.17. The van der Waals surface area contributed by atoms with Crippen LogP contribution in [0.3, 0.4) is 0 Å². The summed E-state index contributed by atoms with van der Waals surface area (Å²) in [6.07, 6.45) is 4.16. The third-order valence-electron chi connectivity index (χ3n) is 6.68. The minimum absolute atomic E-state index is 0.109. The molecule has 0 saturated carbocycles. The SMILES string of the molecule is O=C(O)[C@H](Cc1ccc(Oc2nc(Cl)cc3ccccc23)cc1)Nc1c(N2CCCCCC2)c(=O)c1=O. The van der Waals surface area contributed by atoms with Gasteiger partial charge in [-0.1, -0.05) is 54.8 Å². The van der Waals surface area contributed by atoms with Crippen molar-refractivity contribution in [2.75, 3.05) is 23.3 Å². The zero-order valence-corrected chi connectivity index (χ0v) is 20.8. The Kier molecular flexibility index (Phi) is 7.10. The van der Waals surface area contributed by atoms with Crippen molar-refractivity contribution in [2.45, 2.75) is 38.1 Å². The standard InChI is InChI=1S/C28H26ClN3O5/c29-22-16-18-7-3-4-8-20(18)27(31-22)37-19-11-9-17(10-12-19)15-21(28(35)36)30-23-24(26(34)25(23)33)32-13-5-1-2-6-14-32/h3-4,7-12,16,21,30H,1-2,5-6,13-15H2,(H,35,36)/t21-/m0/s1. The van der Waals surface area contributed by atoms with Crippen molar-refractivity contribution in [3.8, 4) is 11.6 Å². The van der Waals surface area contributed by atoms with Crippen LogP contribution < -0.4 is 25.8 Å². The van der Waals surface area contributed by atoms with Crippen LogP contribution in [0, 0.1) is 0 Å². The molecular weight excluding hydrogens is 494 g/mol. The van der Waals surface area contributed by atoms with E-state index in [0.717, 1.165) is 42.0 Å². The van der Waals surface area contributed by atoms with E-state index in [0.29, 0.717) is 35.6 Å². The number of hydrogen-bond acceptors (Lipinski definition) is 7. The van der Waals surface area contributed by atoms with Gasteiger partial charge in [-0.3, -0.25) is 9.59 Å².